The van der Waals surface area contributed by atoms with Crippen LogP contribution in [0.1, 0.15) is 15.9 Å². The maximum absolute atomic E-state index is 13.0. The molecule has 0 spiro atoms. The van der Waals surface area contributed by atoms with Crippen LogP contribution in [0, 0.1) is 23.0 Å². The topological polar surface area (TPSA) is 70.0 Å². The molecule has 2 aromatic rings. The lowest BCUT2D eigenvalue weighted by atomic mass is 10.1. The lowest BCUT2D eigenvalue weighted by Gasteiger charge is -2.02. The van der Waals surface area contributed by atoms with Gasteiger partial charge in [0.15, 0.2) is 17.4 Å². The maximum atomic E-state index is 13.0. The van der Waals surface area contributed by atoms with E-state index in [0.29, 0.717) is 11.3 Å². The highest BCUT2D eigenvalue weighted by atomic mass is 19.2. The van der Waals surface area contributed by atoms with Gasteiger partial charge in [0.25, 0.3) is 0 Å². The second kappa shape index (κ2) is 7.09. The number of carbonyl (C=O) groups excluding carboxylic acids is 2. The van der Waals surface area contributed by atoms with Crippen LogP contribution < -0.4 is 5.32 Å². The van der Waals surface area contributed by atoms with Gasteiger partial charge in [-0.2, -0.15) is 5.26 Å². The Bertz CT molecular complexity index is 839. The molecule has 2 rings (SSSR count). The molecule has 114 valence electrons. The number of hydrogen-bond acceptors (Lipinski definition) is 3. The first-order valence-corrected chi connectivity index (χ1v) is 6.48. The summed E-state index contributed by atoms with van der Waals surface area (Å²) in [6.45, 7) is 0. The zero-order valence-electron chi connectivity index (χ0n) is 11.7. The third-order valence-corrected chi connectivity index (χ3v) is 2.85. The molecule has 0 saturated heterocycles. The van der Waals surface area contributed by atoms with E-state index in [1.807, 2.05) is 6.07 Å². The van der Waals surface area contributed by atoms with Crippen molar-refractivity contribution in [1.29, 1.82) is 5.26 Å². The standard InChI is InChI=1S/C17H10F2N2O2/c18-14-5-4-12(9-15(14)19)16(22)6-7-17(23)21-13-3-1-2-11(8-13)10-20/h1-9H,(H,21,23)/b7-6+. The SMILES string of the molecule is N#Cc1cccc(NC(=O)/C=C/C(=O)c2ccc(F)c(F)c2)c1. The minimum atomic E-state index is -1.14. The molecule has 0 atom stereocenters. The number of carbonyl (C=O) groups is 2. The predicted molar refractivity (Wildman–Crippen MR) is 79.6 cm³/mol. The molecule has 0 aliphatic carbocycles. The predicted octanol–water partition coefficient (Wildman–Crippen LogP) is 3.21. The highest BCUT2D eigenvalue weighted by Gasteiger charge is 2.08. The first-order valence-electron chi connectivity index (χ1n) is 6.48. The van der Waals surface area contributed by atoms with Gasteiger partial charge >= 0.3 is 0 Å². The third kappa shape index (κ3) is 4.32. The summed E-state index contributed by atoms with van der Waals surface area (Å²) in [5.41, 5.74) is 0.711. The maximum Gasteiger partial charge on any atom is 0.248 e. The van der Waals surface area contributed by atoms with E-state index in [4.69, 9.17) is 5.26 Å². The van der Waals surface area contributed by atoms with Crippen LogP contribution in [0.25, 0.3) is 0 Å². The second-order valence-electron chi connectivity index (χ2n) is 4.51. The largest absolute Gasteiger partial charge is 0.322 e. The van der Waals surface area contributed by atoms with E-state index in [0.717, 1.165) is 30.4 Å². The fourth-order valence-corrected chi connectivity index (χ4v) is 1.75. The van der Waals surface area contributed by atoms with Crippen molar-refractivity contribution >= 4 is 17.4 Å². The van der Waals surface area contributed by atoms with E-state index in [1.165, 1.54) is 6.07 Å². The summed E-state index contributed by atoms with van der Waals surface area (Å²) < 4.78 is 25.8. The highest BCUT2D eigenvalue weighted by Crippen LogP contribution is 2.11. The number of benzene rings is 2. The fourth-order valence-electron chi connectivity index (χ4n) is 1.75. The van der Waals surface area contributed by atoms with Gasteiger partial charge in [-0.05, 0) is 42.5 Å². The van der Waals surface area contributed by atoms with E-state index < -0.39 is 23.3 Å². The van der Waals surface area contributed by atoms with E-state index >= 15 is 0 Å². The summed E-state index contributed by atoms with van der Waals surface area (Å²) in [5.74, 6) is -3.41. The first kappa shape index (κ1) is 16.0. The summed E-state index contributed by atoms with van der Waals surface area (Å²) in [4.78, 5) is 23.5. The Morgan fingerprint density at radius 1 is 1.04 bits per heavy atom. The number of rotatable bonds is 4. The quantitative estimate of drug-likeness (QED) is 0.696. The summed E-state index contributed by atoms with van der Waals surface area (Å²) in [7, 11) is 0. The number of nitriles is 1. The number of allylic oxidation sites excluding steroid dienone is 1. The molecule has 23 heavy (non-hydrogen) atoms. The lowest BCUT2D eigenvalue weighted by Crippen LogP contribution is -2.09. The normalized spacial score (nSPS) is 10.3. The molecule has 0 bridgehead atoms. The van der Waals surface area contributed by atoms with Gasteiger partial charge in [-0.3, -0.25) is 9.59 Å². The van der Waals surface area contributed by atoms with E-state index in [-0.39, 0.29) is 5.56 Å². The number of ketones is 1. The summed E-state index contributed by atoms with van der Waals surface area (Å²) in [6.07, 6.45) is 1.93. The Morgan fingerprint density at radius 2 is 1.83 bits per heavy atom. The van der Waals surface area contributed by atoms with Crippen LogP contribution in [0.15, 0.2) is 54.6 Å². The number of halogens is 2. The zero-order valence-corrected chi connectivity index (χ0v) is 11.7. The van der Waals surface area contributed by atoms with Gasteiger partial charge in [0.05, 0.1) is 11.6 Å². The number of amides is 1. The van der Waals surface area contributed by atoms with Crippen LogP contribution in [0.2, 0.25) is 0 Å². The van der Waals surface area contributed by atoms with Crippen molar-refractivity contribution in [3.05, 3.63) is 77.4 Å². The van der Waals surface area contributed by atoms with Crippen molar-refractivity contribution in [2.75, 3.05) is 5.32 Å². The molecule has 0 heterocycles. The second-order valence-corrected chi connectivity index (χ2v) is 4.51. The van der Waals surface area contributed by atoms with Crippen LogP contribution in [-0.4, -0.2) is 11.7 Å². The smallest absolute Gasteiger partial charge is 0.248 e. The van der Waals surface area contributed by atoms with Crippen molar-refractivity contribution in [3.63, 3.8) is 0 Å². The average Bonchev–Trinajstić information content (AvgIpc) is 2.55. The van der Waals surface area contributed by atoms with Gasteiger partial charge in [0.2, 0.25) is 5.91 Å². The van der Waals surface area contributed by atoms with Gasteiger partial charge < -0.3 is 5.32 Å². The molecule has 0 aliphatic heterocycles. The Kier molecular flexibility index (Phi) is 4.95. The molecule has 0 aliphatic rings. The van der Waals surface area contributed by atoms with Crippen molar-refractivity contribution in [2.45, 2.75) is 0 Å². The number of nitrogens with one attached hydrogen (secondary N) is 1. The molecule has 0 radical (unpaired) electrons. The minimum Gasteiger partial charge on any atom is -0.322 e. The van der Waals surface area contributed by atoms with E-state index in [9.17, 15) is 18.4 Å². The Balaban J connectivity index is 2.04. The molecule has 0 unspecified atom stereocenters. The average molecular weight is 312 g/mol. The lowest BCUT2D eigenvalue weighted by molar-refractivity contribution is -0.111. The molecule has 4 nitrogen and oxygen atoms in total. The van der Waals surface area contributed by atoms with Gasteiger partial charge in [-0.1, -0.05) is 6.07 Å². The van der Waals surface area contributed by atoms with Crippen LogP contribution >= 0.6 is 0 Å². The summed E-state index contributed by atoms with van der Waals surface area (Å²) >= 11 is 0. The van der Waals surface area contributed by atoms with Crippen molar-refractivity contribution in [3.8, 4) is 6.07 Å². The van der Waals surface area contributed by atoms with Crippen LogP contribution in [0.5, 0.6) is 0 Å². The third-order valence-electron chi connectivity index (χ3n) is 2.85. The van der Waals surface area contributed by atoms with E-state index in [2.05, 4.69) is 5.32 Å². The Morgan fingerprint density at radius 3 is 2.52 bits per heavy atom. The highest BCUT2D eigenvalue weighted by molar-refractivity contribution is 6.09. The van der Waals surface area contributed by atoms with Crippen LogP contribution in [0.4, 0.5) is 14.5 Å². The van der Waals surface area contributed by atoms with Gasteiger partial charge in [-0.15, -0.1) is 0 Å². The Labute approximate surface area is 130 Å². The Hall–Kier alpha value is -3.33. The van der Waals surface area contributed by atoms with Crippen molar-refractivity contribution < 1.29 is 18.4 Å². The monoisotopic (exact) mass is 312 g/mol. The number of nitrogens with zero attached hydrogens (tertiary/aromatic N) is 1. The molecule has 2 aromatic carbocycles. The van der Waals surface area contributed by atoms with Gasteiger partial charge in [-0.25, -0.2) is 8.78 Å². The van der Waals surface area contributed by atoms with E-state index in [1.54, 1.807) is 18.2 Å². The minimum absolute atomic E-state index is 0.0700. The molecule has 0 aromatic heterocycles. The fraction of sp³-hybridized carbons (Fsp3) is 0. The summed E-state index contributed by atoms with van der Waals surface area (Å²) in [5, 5.41) is 11.2. The molecule has 6 heteroatoms. The summed E-state index contributed by atoms with van der Waals surface area (Å²) in [6, 6.07) is 10.9. The van der Waals surface area contributed by atoms with Crippen LogP contribution in [0.3, 0.4) is 0 Å². The van der Waals surface area contributed by atoms with Crippen molar-refractivity contribution in [1.82, 2.24) is 0 Å². The molecule has 1 amide bonds. The van der Waals surface area contributed by atoms with Crippen LogP contribution in [-0.2, 0) is 4.79 Å². The number of hydrogen-bond donors (Lipinski definition) is 1. The molecule has 1 N–H and O–H groups in total. The van der Waals surface area contributed by atoms with Crippen molar-refractivity contribution in [2.24, 2.45) is 0 Å². The number of anilines is 1. The molecule has 0 fully saturated rings. The van der Waals surface area contributed by atoms with Gasteiger partial charge in [0, 0.05) is 17.3 Å². The molecule has 0 saturated carbocycles. The molecular weight excluding hydrogens is 302 g/mol. The first-order chi connectivity index (χ1) is 11.0. The molecular formula is C17H10F2N2O2. The van der Waals surface area contributed by atoms with Gasteiger partial charge in [0.1, 0.15) is 0 Å². The zero-order chi connectivity index (χ0) is 16.8.